The molecule has 0 heterocycles. The van der Waals surface area contributed by atoms with Crippen LogP contribution in [0, 0.1) is 6.92 Å². The highest BCUT2D eigenvalue weighted by Gasteiger charge is 2.24. The molecule has 106 valence electrons. The fourth-order valence-electron chi connectivity index (χ4n) is 2.16. The molecule has 0 bridgehead atoms. The molecule has 1 N–H and O–H groups in total. The van der Waals surface area contributed by atoms with E-state index in [0.717, 1.165) is 6.54 Å². The van der Waals surface area contributed by atoms with Gasteiger partial charge in [0, 0.05) is 12.1 Å². The highest BCUT2D eigenvalue weighted by atomic mass is 16.5. The van der Waals surface area contributed by atoms with Gasteiger partial charge in [0.15, 0.2) is 0 Å². The molecular formula is C17H27NO. The average molecular weight is 261 g/mol. The van der Waals surface area contributed by atoms with Gasteiger partial charge in [-0.25, -0.2) is 0 Å². The molecule has 1 aromatic carbocycles. The van der Waals surface area contributed by atoms with Crippen molar-refractivity contribution in [3.8, 4) is 0 Å². The van der Waals surface area contributed by atoms with Crippen molar-refractivity contribution in [2.45, 2.75) is 64.7 Å². The Morgan fingerprint density at radius 2 is 1.84 bits per heavy atom. The second-order valence-corrected chi connectivity index (χ2v) is 6.72. The second-order valence-electron chi connectivity index (χ2n) is 6.72. The molecule has 1 unspecified atom stereocenters. The van der Waals surface area contributed by atoms with E-state index in [9.17, 15) is 0 Å². The molecule has 0 radical (unpaired) electrons. The van der Waals surface area contributed by atoms with E-state index in [1.807, 2.05) is 0 Å². The number of benzene rings is 1. The van der Waals surface area contributed by atoms with E-state index in [4.69, 9.17) is 4.74 Å². The largest absolute Gasteiger partial charge is 0.369 e. The van der Waals surface area contributed by atoms with E-state index in [0.29, 0.717) is 6.10 Å². The predicted molar refractivity (Wildman–Crippen MR) is 80.4 cm³/mol. The monoisotopic (exact) mass is 261 g/mol. The van der Waals surface area contributed by atoms with E-state index in [1.54, 1.807) is 0 Å². The maximum absolute atomic E-state index is 6.25. The molecule has 1 aromatic rings. The van der Waals surface area contributed by atoms with Crippen LogP contribution >= 0.6 is 0 Å². The van der Waals surface area contributed by atoms with Gasteiger partial charge in [-0.1, -0.05) is 29.8 Å². The lowest BCUT2D eigenvalue weighted by Gasteiger charge is -2.33. The lowest BCUT2D eigenvalue weighted by molar-refractivity contribution is -0.0538. The summed E-state index contributed by atoms with van der Waals surface area (Å²) in [7, 11) is 0. The zero-order valence-electron chi connectivity index (χ0n) is 12.7. The van der Waals surface area contributed by atoms with Crippen LogP contribution in [0.15, 0.2) is 24.3 Å². The Labute approximate surface area is 117 Å². The molecule has 1 aliphatic rings. The molecular weight excluding hydrogens is 234 g/mol. The van der Waals surface area contributed by atoms with Crippen molar-refractivity contribution in [3.05, 3.63) is 35.4 Å². The van der Waals surface area contributed by atoms with Gasteiger partial charge < -0.3 is 10.1 Å². The van der Waals surface area contributed by atoms with Crippen LogP contribution in [0.25, 0.3) is 0 Å². The molecule has 2 nitrogen and oxygen atoms in total. The molecule has 1 saturated carbocycles. The van der Waals surface area contributed by atoms with Gasteiger partial charge in [0.25, 0.3) is 0 Å². The highest BCUT2D eigenvalue weighted by Crippen LogP contribution is 2.29. The van der Waals surface area contributed by atoms with Gasteiger partial charge in [-0.15, -0.1) is 0 Å². The lowest BCUT2D eigenvalue weighted by atomic mass is 9.95. The summed E-state index contributed by atoms with van der Waals surface area (Å²) < 4.78 is 6.25. The van der Waals surface area contributed by atoms with Crippen LogP contribution < -0.4 is 5.32 Å². The van der Waals surface area contributed by atoms with Crippen LogP contribution in [0.4, 0.5) is 0 Å². The number of ether oxygens (including phenoxy) is 1. The summed E-state index contributed by atoms with van der Waals surface area (Å²) in [5, 5.41) is 3.56. The number of nitrogens with one attached hydrogen (secondary N) is 1. The summed E-state index contributed by atoms with van der Waals surface area (Å²) in [4.78, 5) is 0. The highest BCUT2D eigenvalue weighted by molar-refractivity contribution is 5.23. The van der Waals surface area contributed by atoms with Gasteiger partial charge in [-0.05, 0) is 52.5 Å². The molecule has 0 aromatic heterocycles. The molecule has 2 heteroatoms. The van der Waals surface area contributed by atoms with Crippen molar-refractivity contribution in [1.29, 1.82) is 0 Å². The van der Waals surface area contributed by atoms with Crippen molar-refractivity contribution in [2.75, 3.05) is 6.54 Å². The fraction of sp³-hybridized carbons (Fsp3) is 0.647. The van der Waals surface area contributed by atoms with Gasteiger partial charge in [-0.2, -0.15) is 0 Å². The van der Waals surface area contributed by atoms with Gasteiger partial charge in [-0.3, -0.25) is 0 Å². The lowest BCUT2D eigenvalue weighted by Crippen LogP contribution is -2.40. The zero-order chi connectivity index (χ0) is 13.9. The second kappa shape index (κ2) is 6.06. The van der Waals surface area contributed by atoms with Gasteiger partial charge in [0.2, 0.25) is 0 Å². The number of rotatable bonds is 5. The molecule has 1 fully saturated rings. The van der Waals surface area contributed by atoms with E-state index < -0.39 is 0 Å². The van der Waals surface area contributed by atoms with Crippen LogP contribution in [0.2, 0.25) is 0 Å². The Morgan fingerprint density at radius 1 is 1.21 bits per heavy atom. The number of hydrogen-bond donors (Lipinski definition) is 1. The fourth-order valence-corrected chi connectivity index (χ4v) is 2.16. The van der Waals surface area contributed by atoms with Crippen molar-refractivity contribution >= 4 is 0 Å². The maximum atomic E-state index is 6.25. The molecule has 1 atom stereocenters. The predicted octanol–water partition coefficient (Wildman–Crippen LogP) is 3.99. The summed E-state index contributed by atoms with van der Waals surface area (Å²) in [6.45, 7) is 9.59. The van der Waals surface area contributed by atoms with Gasteiger partial charge >= 0.3 is 0 Å². The van der Waals surface area contributed by atoms with Crippen LogP contribution in [0.3, 0.4) is 0 Å². The first-order valence-corrected chi connectivity index (χ1v) is 7.41. The molecule has 2 rings (SSSR count). The Balaban J connectivity index is 2.01. The molecule has 0 aliphatic heterocycles. The summed E-state index contributed by atoms with van der Waals surface area (Å²) in [6.07, 6.45) is 4.39. The van der Waals surface area contributed by atoms with Crippen LogP contribution in [0.1, 0.15) is 57.3 Å². The summed E-state index contributed by atoms with van der Waals surface area (Å²) >= 11 is 0. The van der Waals surface area contributed by atoms with Gasteiger partial charge in [0.05, 0.1) is 12.2 Å². The number of hydrogen-bond acceptors (Lipinski definition) is 2. The Morgan fingerprint density at radius 3 is 2.32 bits per heavy atom. The van der Waals surface area contributed by atoms with Gasteiger partial charge in [0.1, 0.15) is 0 Å². The molecule has 1 aliphatic carbocycles. The third-order valence-electron chi connectivity index (χ3n) is 3.68. The maximum Gasteiger partial charge on any atom is 0.0953 e. The topological polar surface area (TPSA) is 21.3 Å². The van der Waals surface area contributed by atoms with E-state index in [2.05, 4.69) is 57.3 Å². The third kappa shape index (κ3) is 4.63. The normalized spacial score (nSPS) is 18.1. The minimum atomic E-state index is 0.131. The standard InChI is InChI=1S/C17H27NO/c1-13-8-10-14(11-9-13)16(12-18-17(2,3)4)19-15-6-5-7-15/h8-11,15-16,18H,5-7,12H2,1-4H3. The Kier molecular flexibility index (Phi) is 4.64. The van der Waals surface area contributed by atoms with E-state index in [1.165, 1.54) is 30.4 Å². The average Bonchev–Trinajstić information content (AvgIpc) is 2.27. The Hall–Kier alpha value is -0.860. The van der Waals surface area contributed by atoms with E-state index >= 15 is 0 Å². The van der Waals surface area contributed by atoms with Crippen LogP contribution in [-0.4, -0.2) is 18.2 Å². The first kappa shape index (κ1) is 14.5. The summed E-state index contributed by atoms with van der Waals surface area (Å²) in [5.74, 6) is 0. The molecule has 0 spiro atoms. The molecule has 0 amide bonds. The summed E-state index contributed by atoms with van der Waals surface area (Å²) in [6, 6.07) is 8.74. The third-order valence-corrected chi connectivity index (χ3v) is 3.68. The smallest absolute Gasteiger partial charge is 0.0953 e. The number of aryl methyl sites for hydroxylation is 1. The minimum absolute atomic E-state index is 0.131. The first-order chi connectivity index (χ1) is 8.94. The van der Waals surface area contributed by atoms with Crippen molar-refractivity contribution in [3.63, 3.8) is 0 Å². The van der Waals surface area contributed by atoms with E-state index in [-0.39, 0.29) is 11.6 Å². The van der Waals surface area contributed by atoms with Crippen LogP contribution in [-0.2, 0) is 4.74 Å². The van der Waals surface area contributed by atoms with Crippen molar-refractivity contribution in [2.24, 2.45) is 0 Å². The molecule has 19 heavy (non-hydrogen) atoms. The molecule has 0 saturated heterocycles. The zero-order valence-corrected chi connectivity index (χ0v) is 12.7. The van der Waals surface area contributed by atoms with Crippen molar-refractivity contribution in [1.82, 2.24) is 5.32 Å². The van der Waals surface area contributed by atoms with Crippen LogP contribution in [0.5, 0.6) is 0 Å². The first-order valence-electron chi connectivity index (χ1n) is 7.41. The SMILES string of the molecule is Cc1ccc(C(CNC(C)(C)C)OC2CCC2)cc1. The Bertz CT molecular complexity index is 387. The van der Waals surface area contributed by atoms with Crippen molar-refractivity contribution < 1.29 is 4.74 Å². The summed E-state index contributed by atoms with van der Waals surface area (Å²) in [5.41, 5.74) is 2.72. The minimum Gasteiger partial charge on any atom is -0.369 e. The quantitative estimate of drug-likeness (QED) is 0.865.